The molecule has 0 radical (unpaired) electrons. The number of hydrogen-bond donors (Lipinski definition) is 2. The minimum Gasteiger partial charge on any atom is -0.363 e. The van der Waals surface area contributed by atoms with Gasteiger partial charge in [-0.05, 0) is 19.3 Å². The summed E-state index contributed by atoms with van der Waals surface area (Å²) in [4.78, 5) is 33.1. The van der Waals surface area contributed by atoms with Crippen LogP contribution < -0.4 is 10.6 Å². The molecule has 1 fully saturated rings. The molecule has 16 heteroatoms. The number of rotatable bonds is 10. The van der Waals surface area contributed by atoms with Crippen LogP contribution in [0.1, 0.15) is 58.7 Å². The molecular weight excluding hydrogens is 611 g/mol. The Bertz CT molecular complexity index is 1600. The maximum absolute atomic E-state index is 12.4. The molecule has 0 bridgehead atoms. The molecule has 2 aromatic heterocycles. The van der Waals surface area contributed by atoms with Crippen molar-refractivity contribution >= 4 is 64.9 Å². The van der Waals surface area contributed by atoms with Gasteiger partial charge >= 0.3 is 0 Å². The van der Waals surface area contributed by atoms with Gasteiger partial charge in [-0.15, -0.1) is 29.3 Å². The van der Waals surface area contributed by atoms with Crippen molar-refractivity contribution in [3.8, 4) is 0 Å². The Hall–Kier alpha value is -4.20. The highest BCUT2D eigenvalue weighted by molar-refractivity contribution is 7.18. The Morgan fingerprint density at radius 2 is 1.44 bits per heavy atom. The summed E-state index contributed by atoms with van der Waals surface area (Å²) in [6, 6.07) is 12.9. The third-order valence-corrected chi connectivity index (χ3v) is 9.07. The van der Waals surface area contributed by atoms with Crippen molar-refractivity contribution in [3.05, 3.63) is 89.9 Å². The Morgan fingerprint density at radius 1 is 0.907 bits per heavy atom. The van der Waals surface area contributed by atoms with Crippen LogP contribution in [0.5, 0.6) is 0 Å². The second kappa shape index (κ2) is 15.3. The zero-order valence-electron chi connectivity index (χ0n) is 23.1. The minimum absolute atomic E-state index is 0.0676. The number of carbonyl (C=O) groups excluding carboxylic acids is 1. The van der Waals surface area contributed by atoms with Crippen LogP contribution in [0.4, 0.5) is 21.6 Å². The lowest BCUT2D eigenvalue weighted by molar-refractivity contribution is -0.385. The summed E-state index contributed by atoms with van der Waals surface area (Å²) in [6.07, 6.45) is 4.57. The van der Waals surface area contributed by atoms with Crippen LogP contribution in [-0.2, 0) is 17.6 Å². The first-order valence-electron chi connectivity index (χ1n) is 13.4. The van der Waals surface area contributed by atoms with Crippen LogP contribution in [0, 0.1) is 20.2 Å². The smallest absolute Gasteiger partial charge is 0.273 e. The summed E-state index contributed by atoms with van der Waals surface area (Å²) < 4.78 is 0. The van der Waals surface area contributed by atoms with Crippen molar-refractivity contribution in [1.82, 2.24) is 20.4 Å². The van der Waals surface area contributed by atoms with Gasteiger partial charge in [-0.2, -0.15) is 0 Å². The van der Waals surface area contributed by atoms with Crippen molar-refractivity contribution in [2.45, 2.75) is 50.4 Å². The third kappa shape index (κ3) is 8.66. The number of nitrogens with zero attached hydrogens (tertiary/aromatic N) is 6. The molecule has 1 unspecified atom stereocenters. The normalized spacial score (nSPS) is 15.9. The van der Waals surface area contributed by atoms with E-state index in [1.807, 2.05) is 7.05 Å². The van der Waals surface area contributed by atoms with Crippen LogP contribution in [0.15, 0.2) is 48.5 Å². The van der Waals surface area contributed by atoms with Gasteiger partial charge in [0, 0.05) is 48.6 Å². The molecule has 5 rings (SSSR count). The van der Waals surface area contributed by atoms with E-state index < -0.39 is 4.92 Å². The minimum atomic E-state index is -0.483. The molecule has 1 aliphatic rings. The van der Waals surface area contributed by atoms with Crippen LogP contribution >= 0.6 is 31.5 Å². The highest BCUT2D eigenvalue weighted by atomic mass is 32.1. The van der Waals surface area contributed by atoms with E-state index in [0.29, 0.717) is 23.0 Å². The Balaban J connectivity index is 0.000000296. The summed E-state index contributed by atoms with van der Waals surface area (Å²) in [6.45, 7) is 0. The van der Waals surface area contributed by atoms with Gasteiger partial charge in [0.1, 0.15) is 10.0 Å². The Morgan fingerprint density at radius 3 is 2.00 bits per heavy atom. The third-order valence-electron chi connectivity index (χ3n) is 6.76. The van der Waals surface area contributed by atoms with Crippen molar-refractivity contribution in [2.75, 3.05) is 17.7 Å². The molecule has 0 spiro atoms. The van der Waals surface area contributed by atoms with Gasteiger partial charge in [-0.3, -0.25) is 25.0 Å². The van der Waals surface area contributed by atoms with E-state index in [1.165, 1.54) is 23.5 Å². The van der Waals surface area contributed by atoms with Crippen LogP contribution in [0.3, 0.4) is 0 Å². The fourth-order valence-electron chi connectivity index (χ4n) is 4.74. The number of nitro benzene ring substituents is 2. The van der Waals surface area contributed by atoms with E-state index >= 15 is 0 Å². The first kappa shape index (κ1) is 31.7. The lowest BCUT2D eigenvalue weighted by atomic mass is 9.82. The second-order valence-corrected chi connectivity index (χ2v) is 12.0. The number of para-hydroxylation sites is 2. The quantitative estimate of drug-likeness (QED) is 0.118. The molecule has 1 saturated carbocycles. The molecule has 224 valence electrons. The Kier molecular flexibility index (Phi) is 11.3. The Labute approximate surface area is 257 Å². The predicted molar refractivity (Wildman–Crippen MR) is 170 cm³/mol. The highest BCUT2D eigenvalue weighted by Gasteiger charge is 2.29. The van der Waals surface area contributed by atoms with Gasteiger partial charge < -0.3 is 10.6 Å². The highest BCUT2D eigenvalue weighted by Crippen LogP contribution is 2.43. The maximum atomic E-state index is 12.4. The van der Waals surface area contributed by atoms with Gasteiger partial charge in [0.25, 0.3) is 11.4 Å². The number of carbonyl (C=O) groups is 1. The van der Waals surface area contributed by atoms with Crippen LogP contribution in [0.25, 0.3) is 0 Å². The largest absolute Gasteiger partial charge is 0.363 e. The molecule has 0 aliphatic heterocycles. The lowest BCUT2D eigenvalue weighted by Crippen LogP contribution is -2.15. The van der Waals surface area contributed by atoms with E-state index in [9.17, 15) is 25.0 Å². The molecule has 1 amide bonds. The van der Waals surface area contributed by atoms with Crippen molar-refractivity contribution in [1.29, 1.82) is 0 Å². The molecule has 13 nitrogen and oxygen atoms in total. The molecule has 2 atom stereocenters. The van der Waals surface area contributed by atoms with Gasteiger partial charge in [-0.1, -0.05) is 71.3 Å². The van der Waals surface area contributed by atoms with Crippen molar-refractivity contribution in [2.24, 2.45) is 0 Å². The lowest BCUT2D eigenvalue weighted by Gasteiger charge is -2.25. The molecule has 4 aromatic rings. The van der Waals surface area contributed by atoms with E-state index in [4.69, 9.17) is 0 Å². The predicted octanol–water partition coefficient (Wildman–Crippen LogP) is 6.04. The summed E-state index contributed by atoms with van der Waals surface area (Å²) in [5.41, 5.74) is 1.19. The first-order chi connectivity index (χ1) is 20.8. The van der Waals surface area contributed by atoms with Crippen LogP contribution in [0.2, 0.25) is 0 Å². The number of amides is 1. The monoisotopic (exact) mass is 640 g/mol. The molecule has 1 aliphatic carbocycles. The number of anilines is 2. The number of nitrogens with one attached hydrogen (secondary N) is 2. The zero-order chi connectivity index (χ0) is 30.8. The number of aromatic nitrogens is 4. The second-order valence-electron chi connectivity index (χ2n) is 9.61. The topological polar surface area (TPSA) is 179 Å². The molecule has 2 heterocycles. The standard InChI is InChI=1S/C19H21N7O3S2.C8H8NO2P/c1-20-18-24-22-16(30-18)12-6-4-7-13(9-12)17-23-25-19(31-17)21-15(27)10-11-5-2-3-8-14(11)26(28)29;10-9(11)8-4-2-1-3-7(8)5-6-12/h2-3,5,8,12-13H,4,6-7,9-10H2,1H3,(H,20,24)(H,21,25,27);1-4,6,12H,5H2/t12-,13?;/m0./s1. The molecule has 2 aromatic carbocycles. The fraction of sp³-hybridized carbons (Fsp3) is 0.333. The SMILES string of the molecule is CNc1nnc([C@H]2CCCC(c3nnc(NC(=O)Cc4ccccc4[N+](=O)[O-])s3)C2)s1.O=[N+]([O-])c1ccccc1CC=P. The summed E-state index contributed by atoms with van der Waals surface area (Å²) in [5.74, 6) is 1.97. The maximum Gasteiger partial charge on any atom is 0.273 e. The van der Waals surface area contributed by atoms with Crippen molar-refractivity contribution < 1.29 is 14.6 Å². The number of hydrogen-bond acceptors (Lipinski definition) is 12. The molecule has 0 saturated heterocycles. The molecule has 43 heavy (non-hydrogen) atoms. The average molecular weight is 641 g/mol. The van der Waals surface area contributed by atoms with Gasteiger partial charge in [0.15, 0.2) is 0 Å². The van der Waals surface area contributed by atoms with Gasteiger partial charge in [0.2, 0.25) is 16.2 Å². The first-order valence-corrected chi connectivity index (χ1v) is 15.6. The van der Waals surface area contributed by atoms with E-state index in [2.05, 4.69) is 39.9 Å². The van der Waals surface area contributed by atoms with Gasteiger partial charge in [-0.25, -0.2) is 0 Å². The fourth-order valence-corrected chi connectivity index (χ4v) is 6.71. The van der Waals surface area contributed by atoms with Crippen LogP contribution in [-0.4, -0.2) is 49.0 Å². The summed E-state index contributed by atoms with van der Waals surface area (Å²) in [5, 5.41) is 47.4. The number of benzene rings is 2. The molecule has 2 N–H and O–H groups in total. The van der Waals surface area contributed by atoms with E-state index in [-0.39, 0.29) is 34.5 Å². The average Bonchev–Trinajstić information content (AvgIpc) is 3.68. The van der Waals surface area contributed by atoms with Gasteiger partial charge in [0.05, 0.1) is 16.3 Å². The van der Waals surface area contributed by atoms with Crippen molar-refractivity contribution in [3.63, 3.8) is 0 Å². The van der Waals surface area contributed by atoms with E-state index in [0.717, 1.165) is 46.4 Å². The zero-order valence-corrected chi connectivity index (χ0v) is 25.8. The molecular formula is C27H29N8O5PS2. The summed E-state index contributed by atoms with van der Waals surface area (Å²) in [7, 11) is 5.00. The summed E-state index contributed by atoms with van der Waals surface area (Å²) >= 11 is 2.95. The van der Waals surface area contributed by atoms with E-state index in [1.54, 1.807) is 53.5 Å². The number of nitro groups is 2.